The van der Waals surface area contributed by atoms with Gasteiger partial charge in [-0.1, -0.05) is 0 Å². The van der Waals surface area contributed by atoms with Crippen molar-refractivity contribution < 1.29 is 18.3 Å². The molecule has 0 aromatic carbocycles. The molecule has 0 aliphatic rings. The molecular formula is C10H8BrF3N2O. The molecule has 2 aromatic rings. The average Bonchev–Trinajstić information content (AvgIpc) is 2.54. The Bertz CT molecular complexity index is 564. The number of aryl methyl sites for hydroxylation is 1. The van der Waals surface area contributed by atoms with E-state index in [1.54, 1.807) is 19.3 Å². The molecule has 0 saturated carbocycles. The van der Waals surface area contributed by atoms with E-state index in [9.17, 15) is 18.3 Å². The molecule has 0 spiro atoms. The summed E-state index contributed by atoms with van der Waals surface area (Å²) in [5, 5.41) is 9.29. The van der Waals surface area contributed by atoms with Gasteiger partial charge in [0.05, 0.1) is 5.69 Å². The molecule has 0 saturated heterocycles. The molecule has 2 heterocycles. The monoisotopic (exact) mass is 308 g/mol. The number of hydrogen-bond donors (Lipinski definition) is 1. The zero-order chi connectivity index (χ0) is 12.8. The number of aliphatic hydroxyl groups is 1. The first kappa shape index (κ1) is 12.4. The summed E-state index contributed by atoms with van der Waals surface area (Å²) < 4.78 is 39.4. The Morgan fingerprint density at radius 1 is 1.41 bits per heavy atom. The van der Waals surface area contributed by atoms with E-state index in [4.69, 9.17) is 0 Å². The molecule has 3 nitrogen and oxygen atoms in total. The van der Waals surface area contributed by atoms with E-state index in [1.165, 1.54) is 10.5 Å². The van der Waals surface area contributed by atoms with Gasteiger partial charge in [0.15, 0.2) is 6.10 Å². The van der Waals surface area contributed by atoms with Crippen molar-refractivity contribution in [3.63, 3.8) is 0 Å². The summed E-state index contributed by atoms with van der Waals surface area (Å²) in [5.41, 5.74) is 0.425. The minimum Gasteiger partial charge on any atom is -0.379 e. The molecule has 17 heavy (non-hydrogen) atoms. The molecule has 0 aliphatic carbocycles. The van der Waals surface area contributed by atoms with Crippen molar-refractivity contribution in [2.24, 2.45) is 0 Å². The summed E-state index contributed by atoms with van der Waals surface area (Å²) in [7, 11) is 0. The first-order valence-corrected chi connectivity index (χ1v) is 5.48. The summed E-state index contributed by atoms with van der Waals surface area (Å²) in [6, 6.07) is 1.22. The molecule has 92 valence electrons. The molecule has 0 radical (unpaired) electrons. The zero-order valence-electron chi connectivity index (χ0n) is 8.66. The van der Waals surface area contributed by atoms with Crippen molar-refractivity contribution in [2.45, 2.75) is 19.2 Å². The number of fused-ring (bicyclic) bond motifs is 1. The van der Waals surface area contributed by atoms with Gasteiger partial charge in [-0.3, -0.25) is 0 Å². The van der Waals surface area contributed by atoms with Gasteiger partial charge >= 0.3 is 6.18 Å². The van der Waals surface area contributed by atoms with Gasteiger partial charge in [-0.05, 0) is 28.9 Å². The lowest BCUT2D eigenvalue weighted by Gasteiger charge is -2.15. The van der Waals surface area contributed by atoms with E-state index in [-0.39, 0.29) is 11.2 Å². The van der Waals surface area contributed by atoms with Crippen molar-refractivity contribution in [3.05, 3.63) is 34.2 Å². The third-order valence-electron chi connectivity index (χ3n) is 2.27. The summed E-state index contributed by atoms with van der Waals surface area (Å²) in [5.74, 6) is 0. The molecule has 1 atom stereocenters. The second-order valence-electron chi connectivity index (χ2n) is 3.67. The summed E-state index contributed by atoms with van der Waals surface area (Å²) >= 11 is 3.10. The Labute approximate surface area is 103 Å². The highest BCUT2D eigenvalue weighted by Gasteiger charge is 2.40. The van der Waals surface area contributed by atoms with Gasteiger partial charge in [-0.15, -0.1) is 0 Å². The predicted octanol–water partition coefficient (Wildman–Crippen LogP) is 3.00. The van der Waals surface area contributed by atoms with E-state index in [0.717, 1.165) is 0 Å². The van der Waals surface area contributed by atoms with E-state index in [2.05, 4.69) is 20.9 Å². The number of aromatic nitrogens is 2. The standard InChI is InChI=1S/C10H8BrF3N2O/c1-5-3-16-4-6(11)2-7(9(16)15-5)8(17)10(12,13)14/h2-4,8,17H,1H3. The maximum atomic E-state index is 12.5. The van der Waals surface area contributed by atoms with Crippen molar-refractivity contribution in [3.8, 4) is 0 Å². The molecule has 1 unspecified atom stereocenters. The first-order chi connectivity index (χ1) is 7.79. The van der Waals surface area contributed by atoms with Gasteiger partial charge < -0.3 is 9.51 Å². The van der Waals surface area contributed by atoms with Crippen LogP contribution in [0.25, 0.3) is 5.65 Å². The highest BCUT2D eigenvalue weighted by atomic mass is 79.9. The number of imidazole rings is 1. The van der Waals surface area contributed by atoms with Gasteiger partial charge in [-0.25, -0.2) is 4.98 Å². The van der Waals surface area contributed by atoms with Crippen LogP contribution in [0.3, 0.4) is 0 Å². The Morgan fingerprint density at radius 2 is 2.06 bits per heavy atom. The molecule has 1 N–H and O–H groups in total. The number of rotatable bonds is 1. The van der Waals surface area contributed by atoms with E-state index < -0.39 is 12.3 Å². The lowest BCUT2D eigenvalue weighted by atomic mass is 10.1. The molecule has 0 fully saturated rings. The normalized spacial score (nSPS) is 14.2. The van der Waals surface area contributed by atoms with Gasteiger partial charge in [-0.2, -0.15) is 13.2 Å². The van der Waals surface area contributed by atoms with Gasteiger partial charge in [0.25, 0.3) is 0 Å². The Hall–Kier alpha value is -1.08. The summed E-state index contributed by atoms with van der Waals surface area (Å²) in [6.07, 6.45) is -4.07. The van der Waals surface area contributed by atoms with Crippen molar-refractivity contribution >= 4 is 21.6 Å². The van der Waals surface area contributed by atoms with Crippen LogP contribution in [0.15, 0.2) is 22.9 Å². The van der Waals surface area contributed by atoms with Crippen LogP contribution >= 0.6 is 15.9 Å². The summed E-state index contributed by atoms with van der Waals surface area (Å²) in [6.45, 7) is 1.67. The molecule has 0 aliphatic heterocycles. The van der Waals surface area contributed by atoms with Crippen LogP contribution in [-0.4, -0.2) is 20.7 Å². The Balaban J connectivity index is 2.67. The molecular weight excluding hydrogens is 301 g/mol. The fraction of sp³-hybridized carbons (Fsp3) is 0.300. The van der Waals surface area contributed by atoms with Crippen LogP contribution in [0.1, 0.15) is 17.4 Å². The fourth-order valence-corrected chi connectivity index (χ4v) is 2.06. The van der Waals surface area contributed by atoms with Crippen molar-refractivity contribution in [1.29, 1.82) is 0 Å². The quantitative estimate of drug-likeness (QED) is 0.879. The third-order valence-corrected chi connectivity index (χ3v) is 2.71. The minimum absolute atomic E-state index is 0.107. The van der Waals surface area contributed by atoms with E-state index >= 15 is 0 Å². The molecule has 0 bridgehead atoms. The van der Waals surface area contributed by atoms with Crippen LogP contribution in [0.4, 0.5) is 13.2 Å². The molecule has 2 rings (SSSR count). The third kappa shape index (κ3) is 2.30. The van der Waals surface area contributed by atoms with Crippen molar-refractivity contribution in [2.75, 3.05) is 0 Å². The molecule has 2 aromatic heterocycles. The maximum absolute atomic E-state index is 12.5. The van der Waals surface area contributed by atoms with E-state index in [0.29, 0.717) is 10.2 Å². The highest BCUT2D eigenvalue weighted by Crippen LogP contribution is 2.35. The number of halogens is 4. The largest absolute Gasteiger partial charge is 0.418 e. The lowest BCUT2D eigenvalue weighted by molar-refractivity contribution is -0.206. The van der Waals surface area contributed by atoms with Gasteiger partial charge in [0.1, 0.15) is 5.65 Å². The Morgan fingerprint density at radius 3 is 2.65 bits per heavy atom. The van der Waals surface area contributed by atoms with E-state index in [1.807, 2.05) is 0 Å². The zero-order valence-corrected chi connectivity index (χ0v) is 10.2. The van der Waals surface area contributed by atoms with Crippen LogP contribution in [0.5, 0.6) is 0 Å². The number of alkyl halides is 3. The fourth-order valence-electron chi connectivity index (χ4n) is 1.59. The number of pyridine rings is 1. The van der Waals surface area contributed by atoms with Crippen LogP contribution < -0.4 is 0 Å². The predicted molar refractivity (Wildman–Crippen MR) is 58.6 cm³/mol. The summed E-state index contributed by atoms with van der Waals surface area (Å²) in [4.78, 5) is 3.97. The number of nitrogens with zero attached hydrogens (tertiary/aromatic N) is 2. The smallest absolute Gasteiger partial charge is 0.379 e. The minimum atomic E-state index is -4.71. The SMILES string of the molecule is Cc1cn2cc(Br)cc(C(O)C(F)(F)F)c2n1. The number of hydrogen-bond acceptors (Lipinski definition) is 2. The average molecular weight is 309 g/mol. The molecule has 7 heteroatoms. The van der Waals surface area contributed by atoms with Crippen LogP contribution in [0.2, 0.25) is 0 Å². The highest BCUT2D eigenvalue weighted by molar-refractivity contribution is 9.10. The van der Waals surface area contributed by atoms with Crippen molar-refractivity contribution in [1.82, 2.24) is 9.38 Å². The van der Waals surface area contributed by atoms with Gasteiger partial charge in [0, 0.05) is 22.4 Å². The maximum Gasteiger partial charge on any atom is 0.418 e. The lowest BCUT2D eigenvalue weighted by Crippen LogP contribution is -2.21. The van der Waals surface area contributed by atoms with Crippen LogP contribution in [-0.2, 0) is 0 Å². The second kappa shape index (κ2) is 3.99. The number of aliphatic hydroxyl groups excluding tert-OH is 1. The van der Waals surface area contributed by atoms with Crippen LogP contribution in [0, 0.1) is 6.92 Å². The second-order valence-corrected chi connectivity index (χ2v) is 4.59. The molecule has 0 amide bonds. The van der Waals surface area contributed by atoms with Gasteiger partial charge in [0.2, 0.25) is 0 Å². The Kier molecular flexibility index (Phi) is 2.90. The topological polar surface area (TPSA) is 37.5 Å². The first-order valence-electron chi connectivity index (χ1n) is 4.68.